The molecular formula is C21H27ClN8O3. The maximum Gasteiger partial charge on any atom is 0.341 e. The lowest BCUT2D eigenvalue weighted by Crippen LogP contribution is -3.00. The van der Waals surface area contributed by atoms with Gasteiger partial charge in [0.25, 0.3) is 5.56 Å². The first-order chi connectivity index (χ1) is 15.2. The lowest BCUT2D eigenvalue weighted by atomic mass is 10.1. The molecule has 1 aliphatic heterocycles. The van der Waals surface area contributed by atoms with Crippen LogP contribution in [0.25, 0.3) is 11.2 Å². The summed E-state index contributed by atoms with van der Waals surface area (Å²) in [5.74, 6) is 0.567. The molecule has 2 aromatic heterocycles. The minimum atomic E-state index is -0.489. The zero-order valence-corrected chi connectivity index (χ0v) is 19.5. The molecule has 0 spiro atoms. The van der Waals surface area contributed by atoms with Crippen LogP contribution in [0, 0.1) is 6.92 Å². The lowest BCUT2D eigenvalue weighted by Gasteiger charge is -2.29. The quantitative estimate of drug-likeness (QED) is 0.222. The number of anilines is 1. The molecule has 3 aromatic rings. The molecule has 0 saturated carbocycles. The van der Waals surface area contributed by atoms with E-state index in [1.54, 1.807) is 23.7 Å². The predicted molar refractivity (Wildman–Crippen MR) is 121 cm³/mol. The smallest absolute Gasteiger partial charge is 0.341 e. The maximum absolute atomic E-state index is 13.1. The second kappa shape index (κ2) is 9.10. The average molecular weight is 475 g/mol. The second-order valence-corrected chi connectivity index (χ2v) is 8.06. The summed E-state index contributed by atoms with van der Waals surface area (Å²) in [7, 11) is 2.98. The van der Waals surface area contributed by atoms with Gasteiger partial charge < -0.3 is 17.3 Å². The van der Waals surface area contributed by atoms with E-state index in [1.165, 1.54) is 11.6 Å². The van der Waals surface area contributed by atoms with Crippen molar-refractivity contribution in [3.8, 4) is 0 Å². The summed E-state index contributed by atoms with van der Waals surface area (Å²) in [6.07, 6.45) is 0. The van der Waals surface area contributed by atoms with E-state index in [9.17, 15) is 14.4 Å². The Bertz CT molecular complexity index is 1350. The van der Waals surface area contributed by atoms with E-state index < -0.39 is 11.2 Å². The highest BCUT2D eigenvalue weighted by molar-refractivity contribution is 5.97. The Balaban J connectivity index is 0.00000306. The number of aryl methyl sites for hydroxylation is 2. The van der Waals surface area contributed by atoms with Crippen LogP contribution in [-0.2, 0) is 20.6 Å². The van der Waals surface area contributed by atoms with Crippen molar-refractivity contribution in [3.05, 3.63) is 56.2 Å². The standard InChI is InChI=1S/C21H26N8O3.ClH/c1-13-4-6-14(7-5-13)15(30)12-29-16-17(25(2)21(32)26(3)18(16)31)24-20(29)28-10-8-27(9-11-28)19(22)23;/h4-7H,8-12H2,1-3H3,(H3,22,23);1H. The Hall–Kier alpha value is -3.60. The van der Waals surface area contributed by atoms with Gasteiger partial charge >= 0.3 is 11.6 Å². The Morgan fingerprint density at radius 1 is 1.06 bits per heavy atom. The van der Waals surface area contributed by atoms with E-state index in [0.717, 1.165) is 10.1 Å². The number of rotatable bonds is 4. The Morgan fingerprint density at radius 2 is 1.67 bits per heavy atom. The van der Waals surface area contributed by atoms with Crippen LogP contribution in [-0.4, -0.2) is 61.2 Å². The number of Topliss-reactive ketones (excluding diaryl/α,β-unsaturated/α-hetero) is 1. The summed E-state index contributed by atoms with van der Waals surface area (Å²) < 4.78 is 5.83. The summed E-state index contributed by atoms with van der Waals surface area (Å²) >= 11 is 0. The first kappa shape index (κ1) is 24.1. The van der Waals surface area contributed by atoms with Crippen LogP contribution >= 0.6 is 0 Å². The van der Waals surface area contributed by atoms with Crippen LogP contribution in [0.5, 0.6) is 0 Å². The molecule has 1 fully saturated rings. The van der Waals surface area contributed by atoms with Gasteiger partial charge in [0.1, 0.15) is 0 Å². The Labute approximate surface area is 195 Å². The van der Waals surface area contributed by atoms with Gasteiger partial charge in [-0.15, -0.1) is 0 Å². The fourth-order valence-corrected chi connectivity index (χ4v) is 3.97. The maximum atomic E-state index is 13.1. The first-order valence-corrected chi connectivity index (χ1v) is 10.3. The first-order valence-electron chi connectivity index (χ1n) is 10.3. The van der Waals surface area contributed by atoms with Crippen molar-refractivity contribution in [3.63, 3.8) is 0 Å². The third-order valence-electron chi connectivity index (χ3n) is 5.93. The van der Waals surface area contributed by atoms with E-state index >= 15 is 0 Å². The summed E-state index contributed by atoms with van der Waals surface area (Å²) in [5, 5.41) is 0. The second-order valence-electron chi connectivity index (χ2n) is 8.06. The van der Waals surface area contributed by atoms with Gasteiger partial charge in [-0.05, 0) is 6.92 Å². The van der Waals surface area contributed by atoms with Gasteiger partial charge in [0.15, 0.2) is 16.9 Å². The van der Waals surface area contributed by atoms with Crippen LogP contribution in [0.2, 0.25) is 0 Å². The molecule has 0 unspecified atom stereocenters. The molecular weight excluding hydrogens is 448 g/mol. The third-order valence-corrected chi connectivity index (χ3v) is 5.93. The minimum absolute atomic E-state index is 0. The molecule has 12 heteroatoms. The van der Waals surface area contributed by atoms with Gasteiger partial charge in [0, 0.05) is 19.7 Å². The lowest BCUT2D eigenvalue weighted by molar-refractivity contribution is -0.531. The molecule has 3 heterocycles. The third kappa shape index (κ3) is 4.23. The van der Waals surface area contributed by atoms with Crippen LogP contribution in [0.4, 0.5) is 5.95 Å². The highest BCUT2D eigenvalue weighted by Crippen LogP contribution is 2.21. The van der Waals surface area contributed by atoms with Crippen LogP contribution in [0.15, 0.2) is 33.9 Å². The van der Waals surface area contributed by atoms with Crippen LogP contribution in [0.1, 0.15) is 15.9 Å². The van der Waals surface area contributed by atoms with Gasteiger partial charge in [-0.2, -0.15) is 4.98 Å². The number of halogens is 1. The van der Waals surface area contributed by atoms with Gasteiger partial charge in [0.2, 0.25) is 5.95 Å². The van der Waals surface area contributed by atoms with Crippen molar-refractivity contribution in [1.29, 1.82) is 0 Å². The van der Waals surface area contributed by atoms with E-state index in [0.29, 0.717) is 37.7 Å². The summed E-state index contributed by atoms with van der Waals surface area (Å²) in [5.41, 5.74) is 12.5. The fourth-order valence-electron chi connectivity index (χ4n) is 3.97. The number of aromatic nitrogens is 4. The highest BCUT2D eigenvalue weighted by Gasteiger charge is 2.27. The van der Waals surface area contributed by atoms with Crippen molar-refractivity contribution >= 4 is 28.9 Å². The number of carbonyl (C=O) groups excluding carboxylic acids is 1. The minimum Gasteiger partial charge on any atom is -1.00 e. The predicted octanol–water partition coefficient (Wildman–Crippen LogP) is -4.27. The fraction of sp³-hybridized carbons (Fsp3) is 0.381. The van der Waals surface area contributed by atoms with Crippen molar-refractivity contribution in [2.75, 3.05) is 31.1 Å². The van der Waals surface area contributed by atoms with Gasteiger partial charge in [-0.25, -0.2) is 4.79 Å². The number of ketones is 1. The van der Waals surface area contributed by atoms with Crippen molar-refractivity contribution in [1.82, 2.24) is 18.7 Å². The average Bonchev–Trinajstić information content (AvgIpc) is 3.16. The SMILES string of the molecule is Cc1ccc(C(=O)Cn2c(N3CC[N+](=C(N)N)CC3)nc3c2c(=O)n(C)c(=O)n3C)cc1.[Cl-]. The summed E-state index contributed by atoms with van der Waals surface area (Å²) in [4.78, 5) is 45.2. The number of piperazine rings is 1. The van der Waals surface area contributed by atoms with Gasteiger partial charge in [-0.1, -0.05) is 29.8 Å². The van der Waals surface area contributed by atoms with E-state index in [2.05, 4.69) is 4.98 Å². The molecule has 176 valence electrons. The molecule has 1 aromatic carbocycles. The number of nitrogens with two attached hydrogens (primary N) is 2. The number of nitrogens with zero attached hydrogens (tertiary/aromatic N) is 6. The largest absolute Gasteiger partial charge is 1.00 e. The topological polar surface area (TPSA) is 137 Å². The zero-order chi connectivity index (χ0) is 23.2. The van der Waals surface area contributed by atoms with Crippen molar-refractivity contribution < 1.29 is 21.8 Å². The molecule has 0 amide bonds. The molecule has 0 bridgehead atoms. The summed E-state index contributed by atoms with van der Waals surface area (Å²) in [6.45, 7) is 4.13. The summed E-state index contributed by atoms with van der Waals surface area (Å²) in [6, 6.07) is 7.28. The molecule has 4 N–H and O–H groups in total. The van der Waals surface area contributed by atoms with Crippen molar-refractivity contribution in [2.45, 2.75) is 13.5 Å². The van der Waals surface area contributed by atoms with E-state index in [4.69, 9.17) is 11.5 Å². The number of carbonyl (C=O) groups is 1. The number of benzene rings is 1. The molecule has 0 atom stereocenters. The highest BCUT2D eigenvalue weighted by atomic mass is 35.5. The normalized spacial score (nSPS) is 13.8. The molecule has 1 aliphatic rings. The molecule has 33 heavy (non-hydrogen) atoms. The van der Waals surface area contributed by atoms with E-state index in [-0.39, 0.29) is 41.9 Å². The number of hydrogen-bond donors (Lipinski definition) is 2. The van der Waals surface area contributed by atoms with Crippen LogP contribution in [0.3, 0.4) is 0 Å². The van der Waals surface area contributed by atoms with Gasteiger partial charge in [0.05, 0.1) is 32.7 Å². The zero-order valence-electron chi connectivity index (χ0n) is 18.8. The number of hydrogen-bond acceptors (Lipinski definition) is 5. The monoisotopic (exact) mass is 474 g/mol. The molecule has 1 saturated heterocycles. The van der Waals surface area contributed by atoms with Crippen molar-refractivity contribution in [2.24, 2.45) is 25.6 Å². The number of fused-ring (bicyclic) bond motifs is 1. The molecule has 0 aliphatic carbocycles. The van der Waals surface area contributed by atoms with Gasteiger partial charge in [-0.3, -0.25) is 39.3 Å². The Morgan fingerprint density at radius 3 is 2.24 bits per heavy atom. The number of imidazole rings is 1. The Kier molecular flexibility index (Phi) is 6.63. The molecule has 11 nitrogen and oxygen atoms in total. The molecule has 4 rings (SSSR count). The number of guanidine groups is 1. The molecule has 0 radical (unpaired) electrons. The van der Waals surface area contributed by atoms with Crippen LogP contribution < -0.4 is 40.0 Å². The van der Waals surface area contributed by atoms with E-state index in [1.807, 2.05) is 28.5 Å².